The Morgan fingerprint density at radius 2 is 1.56 bits per heavy atom. The molecule has 0 aliphatic heterocycles. The van der Waals surface area contributed by atoms with Gasteiger partial charge in [0, 0.05) is 12.5 Å². The Kier molecular flexibility index (Phi) is 3.42. The lowest BCUT2D eigenvalue weighted by atomic mass is 9.81. The van der Waals surface area contributed by atoms with Crippen LogP contribution in [-0.4, -0.2) is 14.4 Å². The number of benzene rings is 2. The zero-order valence-electron chi connectivity index (χ0n) is 9.56. The second-order valence-corrected chi connectivity index (χ2v) is 4.06. The van der Waals surface area contributed by atoms with Crippen LogP contribution in [0.2, 0.25) is 0 Å². The molecule has 0 aliphatic rings. The summed E-state index contributed by atoms with van der Waals surface area (Å²) in [5, 5.41) is 0. The van der Waals surface area contributed by atoms with Gasteiger partial charge in [-0.3, -0.25) is 0 Å². The van der Waals surface area contributed by atoms with Crippen LogP contribution < -0.4 is 11.2 Å². The lowest BCUT2D eigenvalue weighted by Crippen LogP contribution is -2.21. The normalized spacial score (nSPS) is 12.3. The molecule has 0 saturated carbocycles. The minimum Gasteiger partial charge on any atom is -0.330 e. The van der Waals surface area contributed by atoms with Gasteiger partial charge in [0.25, 0.3) is 0 Å². The van der Waals surface area contributed by atoms with Gasteiger partial charge in [-0.15, -0.1) is 0 Å². The summed E-state index contributed by atoms with van der Waals surface area (Å²) in [5.41, 5.74) is 9.83. The van der Waals surface area contributed by atoms with Gasteiger partial charge in [-0.2, -0.15) is 0 Å². The first-order valence-electron chi connectivity index (χ1n) is 5.63. The summed E-state index contributed by atoms with van der Waals surface area (Å²) < 4.78 is 0. The summed E-state index contributed by atoms with van der Waals surface area (Å²) >= 11 is 0. The van der Waals surface area contributed by atoms with Crippen LogP contribution in [0.4, 0.5) is 0 Å². The van der Waals surface area contributed by atoms with E-state index in [1.165, 1.54) is 16.6 Å². The molecule has 0 spiro atoms. The molecule has 0 fully saturated rings. The highest BCUT2D eigenvalue weighted by atomic mass is 14.5. The Hall–Kier alpha value is -1.54. The van der Waals surface area contributed by atoms with Crippen molar-refractivity contribution in [3.05, 3.63) is 65.7 Å². The molecule has 0 radical (unpaired) electrons. The summed E-state index contributed by atoms with van der Waals surface area (Å²) in [7, 11) is 2.14. The van der Waals surface area contributed by atoms with Crippen molar-refractivity contribution in [3.8, 4) is 0 Å². The number of rotatable bonds is 3. The molecule has 0 amide bonds. The Morgan fingerprint density at radius 1 is 0.938 bits per heavy atom. The average molecular weight is 209 g/mol. The smallest absolute Gasteiger partial charge is 0.139 e. The van der Waals surface area contributed by atoms with Crippen LogP contribution in [0.5, 0.6) is 0 Å². The van der Waals surface area contributed by atoms with E-state index in [1.807, 2.05) is 6.07 Å². The van der Waals surface area contributed by atoms with Crippen LogP contribution in [0.3, 0.4) is 0 Å². The van der Waals surface area contributed by atoms with Gasteiger partial charge >= 0.3 is 0 Å². The SMILES string of the molecule is Bc1ccccc1C(CN)c1ccccc1. The van der Waals surface area contributed by atoms with Gasteiger partial charge in [0.05, 0.1) is 0 Å². The van der Waals surface area contributed by atoms with Crippen molar-refractivity contribution in [2.75, 3.05) is 6.54 Å². The number of nitrogens with two attached hydrogens (primary N) is 1. The van der Waals surface area contributed by atoms with Crippen molar-refractivity contribution in [1.29, 1.82) is 0 Å². The molecular weight excluding hydrogens is 193 g/mol. The largest absolute Gasteiger partial charge is 0.330 e. The maximum Gasteiger partial charge on any atom is 0.139 e. The number of hydrogen-bond donors (Lipinski definition) is 1. The second kappa shape index (κ2) is 5.00. The van der Waals surface area contributed by atoms with Crippen LogP contribution >= 0.6 is 0 Å². The quantitative estimate of drug-likeness (QED) is 0.751. The minimum atomic E-state index is 0.308. The standard InChI is InChI=1S/C14H16BN/c15-14-9-5-4-8-12(14)13(10-16)11-6-2-1-3-7-11/h1-9,13H,10,15-16H2. The van der Waals surface area contributed by atoms with E-state index in [9.17, 15) is 0 Å². The minimum absolute atomic E-state index is 0.308. The van der Waals surface area contributed by atoms with Crippen molar-refractivity contribution in [1.82, 2.24) is 0 Å². The molecule has 16 heavy (non-hydrogen) atoms. The fraction of sp³-hybridized carbons (Fsp3) is 0.143. The molecule has 1 atom stereocenters. The molecule has 2 N–H and O–H groups in total. The molecule has 0 aromatic heterocycles. The first-order valence-corrected chi connectivity index (χ1v) is 5.63. The highest BCUT2D eigenvalue weighted by molar-refractivity contribution is 6.33. The highest BCUT2D eigenvalue weighted by Gasteiger charge is 2.13. The van der Waals surface area contributed by atoms with Gasteiger partial charge in [-0.1, -0.05) is 60.1 Å². The first kappa shape index (κ1) is 11.0. The van der Waals surface area contributed by atoms with Crippen molar-refractivity contribution in [2.24, 2.45) is 5.73 Å². The molecule has 2 rings (SSSR count). The van der Waals surface area contributed by atoms with Crippen LogP contribution in [0.15, 0.2) is 54.6 Å². The molecule has 2 aromatic carbocycles. The van der Waals surface area contributed by atoms with Crippen molar-refractivity contribution in [2.45, 2.75) is 5.92 Å². The zero-order valence-corrected chi connectivity index (χ0v) is 9.56. The summed E-state index contributed by atoms with van der Waals surface area (Å²) in [6, 6.07) is 18.9. The maximum absolute atomic E-state index is 5.91. The summed E-state index contributed by atoms with van der Waals surface area (Å²) in [6.45, 7) is 0.648. The van der Waals surface area contributed by atoms with Crippen LogP contribution in [0.25, 0.3) is 0 Å². The molecule has 80 valence electrons. The molecule has 1 nitrogen and oxygen atoms in total. The predicted molar refractivity (Wildman–Crippen MR) is 72.0 cm³/mol. The molecule has 2 heteroatoms. The third kappa shape index (κ3) is 2.17. The Bertz CT molecular complexity index is 453. The zero-order chi connectivity index (χ0) is 11.4. The van der Waals surface area contributed by atoms with Gasteiger partial charge in [0.15, 0.2) is 0 Å². The van der Waals surface area contributed by atoms with Crippen LogP contribution in [-0.2, 0) is 0 Å². The summed E-state index contributed by atoms with van der Waals surface area (Å²) in [4.78, 5) is 0. The third-order valence-corrected chi connectivity index (χ3v) is 3.00. The summed E-state index contributed by atoms with van der Waals surface area (Å²) in [5.74, 6) is 0.308. The fourth-order valence-corrected chi connectivity index (χ4v) is 2.11. The maximum atomic E-state index is 5.91. The second-order valence-electron chi connectivity index (χ2n) is 4.06. The molecule has 1 unspecified atom stereocenters. The van der Waals surface area contributed by atoms with Gasteiger partial charge in [0.1, 0.15) is 7.85 Å². The molecule has 0 heterocycles. The average Bonchev–Trinajstić information content (AvgIpc) is 2.34. The van der Waals surface area contributed by atoms with Gasteiger partial charge < -0.3 is 5.73 Å². The number of hydrogen-bond acceptors (Lipinski definition) is 1. The van der Waals surface area contributed by atoms with Crippen LogP contribution in [0, 0.1) is 0 Å². The van der Waals surface area contributed by atoms with Crippen molar-refractivity contribution >= 4 is 13.3 Å². The van der Waals surface area contributed by atoms with E-state index < -0.39 is 0 Å². The Labute approximate surface area is 97.7 Å². The van der Waals surface area contributed by atoms with E-state index in [1.54, 1.807) is 0 Å². The highest BCUT2D eigenvalue weighted by Crippen LogP contribution is 2.21. The monoisotopic (exact) mass is 209 g/mol. The van der Waals surface area contributed by atoms with E-state index in [-0.39, 0.29) is 0 Å². The predicted octanol–water partition coefficient (Wildman–Crippen LogP) is 1.04. The van der Waals surface area contributed by atoms with Gasteiger partial charge in [0.2, 0.25) is 0 Å². The van der Waals surface area contributed by atoms with Crippen molar-refractivity contribution in [3.63, 3.8) is 0 Å². The fourth-order valence-electron chi connectivity index (χ4n) is 2.11. The molecule has 2 aromatic rings. The lowest BCUT2D eigenvalue weighted by molar-refractivity contribution is 0.824. The van der Waals surface area contributed by atoms with E-state index in [2.05, 4.69) is 56.4 Å². The lowest BCUT2D eigenvalue weighted by Gasteiger charge is -2.18. The molecular formula is C14H16BN. The third-order valence-electron chi connectivity index (χ3n) is 3.00. The first-order chi connectivity index (χ1) is 7.83. The van der Waals surface area contributed by atoms with E-state index >= 15 is 0 Å². The summed E-state index contributed by atoms with van der Waals surface area (Å²) in [6.07, 6.45) is 0. The van der Waals surface area contributed by atoms with Gasteiger partial charge in [-0.05, 0) is 11.1 Å². The van der Waals surface area contributed by atoms with E-state index in [0.29, 0.717) is 12.5 Å². The van der Waals surface area contributed by atoms with Crippen molar-refractivity contribution < 1.29 is 0 Å². The molecule has 0 saturated heterocycles. The Balaban J connectivity index is 2.41. The van der Waals surface area contributed by atoms with E-state index in [0.717, 1.165) is 0 Å². The Morgan fingerprint density at radius 3 is 2.19 bits per heavy atom. The van der Waals surface area contributed by atoms with Gasteiger partial charge in [-0.25, -0.2) is 0 Å². The van der Waals surface area contributed by atoms with E-state index in [4.69, 9.17) is 5.73 Å². The van der Waals surface area contributed by atoms with Crippen LogP contribution in [0.1, 0.15) is 17.0 Å². The molecule has 0 bridgehead atoms. The molecule has 0 aliphatic carbocycles. The topological polar surface area (TPSA) is 26.0 Å².